The van der Waals surface area contributed by atoms with Gasteiger partial charge in [-0.05, 0) is 23.6 Å². The number of anilines is 1. The second-order valence-electron chi connectivity index (χ2n) is 4.72. The second kappa shape index (κ2) is 6.78. The number of aliphatic carboxylic acids is 1. The van der Waals surface area contributed by atoms with E-state index in [1.807, 2.05) is 38.1 Å². The van der Waals surface area contributed by atoms with Crippen molar-refractivity contribution in [3.63, 3.8) is 0 Å². The first kappa shape index (κ1) is 15.0. The SMILES string of the molecule is CC(C)[C@@H](C(=O)O)N(C)c1cccc(COC=O)c1. The smallest absolute Gasteiger partial charge is 0.326 e. The molecule has 19 heavy (non-hydrogen) atoms. The van der Waals surface area contributed by atoms with E-state index < -0.39 is 12.0 Å². The number of likely N-dealkylation sites (N-methyl/N-ethyl adjacent to an activating group) is 1. The number of benzene rings is 1. The molecular weight excluding hydrogens is 246 g/mol. The van der Waals surface area contributed by atoms with Gasteiger partial charge in [0.2, 0.25) is 0 Å². The number of carboxylic acids is 1. The van der Waals surface area contributed by atoms with Crippen LogP contribution < -0.4 is 4.90 Å². The van der Waals surface area contributed by atoms with Crippen LogP contribution in [0, 0.1) is 5.92 Å². The fourth-order valence-corrected chi connectivity index (χ4v) is 2.05. The van der Waals surface area contributed by atoms with Gasteiger partial charge in [-0.25, -0.2) is 4.79 Å². The van der Waals surface area contributed by atoms with E-state index in [2.05, 4.69) is 0 Å². The molecule has 1 aromatic carbocycles. The zero-order chi connectivity index (χ0) is 14.4. The molecule has 5 nitrogen and oxygen atoms in total. The molecule has 0 heterocycles. The average molecular weight is 265 g/mol. The van der Waals surface area contributed by atoms with E-state index in [4.69, 9.17) is 4.74 Å². The Morgan fingerprint density at radius 2 is 2.16 bits per heavy atom. The van der Waals surface area contributed by atoms with Gasteiger partial charge < -0.3 is 14.7 Å². The lowest BCUT2D eigenvalue weighted by molar-refractivity contribution is -0.139. The first-order valence-corrected chi connectivity index (χ1v) is 6.07. The quantitative estimate of drug-likeness (QED) is 0.763. The highest BCUT2D eigenvalue weighted by Gasteiger charge is 2.26. The van der Waals surface area contributed by atoms with Crippen molar-refractivity contribution in [2.75, 3.05) is 11.9 Å². The maximum absolute atomic E-state index is 11.3. The summed E-state index contributed by atoms with van der Waals surface area (Å²) in [5, 5.41) is 9.27. The van der Waals surface area contributed by atoms with Crippen molar-refractivity contribution in [3.05, 3.63) is 29.8 Å². The van der Waals surface area contributed by atoms with Crippen LogP contribution in [0.1, 0.15) is 19.4 Å². The molecule has 0 unspecified atom stereocenters. The summed E-state index contributed by atoms with van der Waals surface area (Å²) in [7, 11) is 1.75. The summed E-state index contributed by atoms with van der Waals surface area (Å²) >= 11 is 0. The summed E-state index contributed by atoms with van der Waals surface area (Å²) in [6, 6.07) is 6.70. The Bertz CT molecular complexity index is 445. The van der Waals surface area contributed by atoms with Crippen molar-refractivity contribution in [1.82, 2.24) is 0 Å². The van der Waals surface area contributed by atoms with E-state index >= 15 is 0 Å². The van der Waals surface area contributed by atoms with Gasteiger partial charge in [-0.2, -0.15) is 0 Å². The maximum Gasteiger partial charge on any atom is 0.326 e. The molecule has 0 fully saturated rings. The minimum atomic E-state index is -0.855. The van der Waals surface area contributed by atoms with Gasteiger partial charge in [0.25, 0.3) is 6.47 Å². The summed E-state index contributed by atoms with van der Waals surface area (Å²) in [4.78, 5) is 23.2. The van der Waals surface area contributed by atoms with Gasteiger partial charge in [-0.3, -0.25) is 4.79 Å². The fraction of sp³-hybridized carbons (Fsp3) is 0.429. The van der Waals surface area contributed by atoms with Gasteiger partial charge in [0.05, 0.1) is 0 Å². The number of hydrogen-bond donors (Lipinski definition) is 1. The highest BCUT2D eigenvalue weighted by molar-refractivity contribution is 5.78. The Labute approximate surface area is 112 Å². The molecule has 0 saturated carbocycles. The van der Waals surface area contributed by atoms with E-state index in [0.717, 1.165) is 11.3 Å². The molecule has 1 rings (SSSR count). The van der Waals surface area contributed by atoms with Gasteiger partial charge in [-0.1, -0.05) is 26.0 Å². The van der Waals surface area contributed by atoms with Crippen LogP contribution in [0.5, 0.6) is 0 Å². The summed E-state index contributed by atoms with van der Waals surface area (Å²) < 4.78 is 4.69. The zero-order valence-corrected chi connectivity index (χ0v) is 11.4. The highest BCUT2D eigenvalue weighted by Crippen LogP contribution is 2.21. The van der Waals surface area contributed by atoms with Crippen LogP contribution in [0.15, 0.2) is 24.3 Å². The molecule has 0 aliphatic carbocycles. The van der Waals surface area contributed by atoms with E-state index in [-0.39, 0.29) is 12.5 Å². The molecule has 1 atom stereocenters. The van der Waals surface area contributed by atoms with Crippen LogP contribution in [0.2, 0.25) is 0 Å². The normalized spacial score (nSPS) is 12.0. The number of carbonyl (C=O) groups excluding carboxylic acids is 1. The molecule has 1 N–H and O–H groups in total. The average Bonchev–Trinajstić information content (AvgIpc) is 2.35. The standard InChI is InChI=1S/C14H19NO4/c1-10(2)13(14(17)18)15(3)12-6-4-5-11(7-12)8-19-9-16/h4-7,9-10,13H,8H2,1-3H3,(H,17,18)/t13-/m0/s1. The molecule has 1 aromatic rings. The van der Waals surface area contributed by atoms with Gasteiger partial charge in [0, 0.05) is 12.7 Å². The van der Waals surface area contributed by atoms with Crippen LogP contribution in [-0.2, 0) is 20.9 Å². The highest BCUT2D eigenvalue weighted by atomic mass is 16.5. The first-order chi connectivity index (χ1) is 8.97. The van der Waals surface area contributed by atoms with E-state index in [0.29, 0.717) is 6.47 Å². The number of nitrogens with zero attached hydrogens (tertiary/aromatic N) is 1. The van der Waals surface area contributed by atoms with Crippen molar-refractivity contribution in [2.24, 2.45) is 5.92 Å². The van der Waals surface area contributed by atoms with Crippen LogP contribution in [-0.4, -0.2) is 30.6 Å². The molecule has 0 saturated heterocycles. The summed E-state index contributed by atoms with van der Waals surface area (Å²) in [5.74, 6) is -0.871. The lowest BCUT2D eigenvalue weighted by atomic mass is 10.0. The molecular formula is C14H19NO4. The Hall–Kier alpha value is -2.04. The molecule has 0 amide bonds. The second-order valence-corrected chi connectivity index (χ2v) is 4.72. The van der Waals surface area contributed by atoms with Gasteiger partial charge in [-0.15, -0.1) is 0 Å². The number of carboxylic acid groups (broad SMARTS) is 1. The predicted molar refractivity (Wildman–Crippen MR) is 72.0 cm³/mol. The maximum atomic E-state index is 11.3. The van der Waals surface area contributed by atoms with Crippen LogP contribution in [0.25, 0.3) is 0 Å². The third-order valence-electron chi connectivity index (χ3n) is 2.94. The minimum Gasteiger partial charge on any atom is -0.480 e. The molecule has 0 bridgehead atoms. The predicted octanol–water partition coefficient (Wildman–Crippen LogP) is 1.91. The molecule has 0 radical (unpaired) electrons. The number of hydrogen-bond acceptors (Lipinski definition) is 4. The summed E-state index contributed by atoms with van der Waals surface area (Å²) in [6.45, 7) is 4.32. The Morgan fingerprint density at radius 1 is 1.47 bits per heavy atom. The van der Waals surface area contributed by atoms with Gasteiger partial charge >= 0.3 is 5.97 Å². The van der Waals surface area contributed by atoms with Crippen molar-refractivity contribution in [3.8, 4) is 0 Å². The molecule has 0 aliphatic rings. The largest absolute Gasteiger partial charge is 0.480 e. The minimum absolute atomic E-state index is 0.0163. The van der Waals surface area contributed by atoms with Crippen molar-refractivity contribution in [2.45, 2.75) is 26.5 Å². The number of ether oxygens (including phenoxy) is 1. The third-order valence-corrected chi connectivity index (χ3v) is 2.94. The van der Waals surface area contributed by atoms with Gasteiger partial charge in [0.1, 0.15) is 12.6 Å². The van der Waals surface area contributed by atoms with E-state index in [9.17, 15) is 14.7 Å². The fourth-order valence-electron chi connectivity index (χ4n) is 2.05. The lowest BCUT2D eigenvalue weighted by Crippen LogP contribution is -2.42. The Kier molecular flexibility index (Phi) is 5.36. The Balaban J connectivity index is 2.94. The molecule has 0 aromatic heterocycles. The van der Waals surface area contributed by atoms with Crippen molar-refractivity contribution < 1.29 is 19.4 Å². The molecule has 104 valence electrons. The van der Waals surface area contributed by atoms with E-state index in [1.165, 1.54) is 0 Å². The number of rotatable bonds is 7. The van der Waals surface area contributed by atoms with Gasteiger partial charge in [0.15, 0.2) is 0 Å². The third kappa shape index (κ3) is 3.98. The van der Waals surface area contributed by atoms with Crippen molar-refractivity contribution >= 4 is 18.1 Å². The monoisotopic (exact) mass is 265 g/mol. The zero-order valence-electron chi connectivity index (χ0n) is 11.4. The summed E-state index contributed by atoms with van der Waals surface area (Å²) in [6.07, 6.45) is 0. The van der Waals surface area contributed by atoms with E-state index in [1.54, 1.807) is 11.9 Å². The summed E-state index contributed by atoms with van der Waals surface area (Å²) in [5.41, 5.74) is 1.61. The molecule has 0 spiro atoms. The number of carbonyl (C=O) groups is 2. The van der Waals surface area contributed by atoms with Crippen molar-refractivity contribution in [1.29, 1.82) is 0 Å². The topological polar surface area (TPSA) is 66.8 Å². The van der Waals surface area contributed by atoms with Crippen LogP contribution >= 0.6 is 0 Å². The molecule has 5 heteroatoms. The Morgan fingerprint density at radius 3 is 2.68 bits per heavy atom. The van der Waals surface area contributed by atoms with Crippen LogP contribution in [0.4, 0.5) is 5.69 Å². The van der Waals surface area contributed by atoms with Crippen LogP contribution in [0.3, 0.4) is 0 Å². The first-order valence-electron chi connectivity index (χ1n) is 6.07. The molecule has 0 aliphatic heterocycles. The lowest BCUT2D eigenvalue weighted by Gasteiger charge is -2.29.